The minimum absolute atomic E-state index is 0.0364. The maximum atomic E-state index is 12.0. The summed E-state index contributed by atoms with van der Waals surface area (Å²) in [6, 6.07) is 0. The van der Waals surface area contributed by atoms with Gasteiger partial charge in [-0.3, -0.25) is 4.79 Å². The molecule has 92 valence electrons. The van der Waals surface area contributed by atoms with Gasteiger partial charge in [0.2, 0.25) is 0 Å². The van der Waals surface area contributed by atoms with Crippen LogP contribution in [0.3, 0.4) is 0 Å². The van der Waals surface area contributed by atoms with Gasteiger partial charge in [0.1, 0.15) is 5.78 Å². The van der Waals surface area contributed by atoms with Crippen LogP contribution < -0.4 is 0 Å². The molecule has 0 aromatic carbocycles. The Morgan fingerprint density at radius 3 is 2.00 bits per heavy atom. The highest BCUT2D eigenvalue weighted by atomic mass is 16.1. The van der Waals surface area contributed by atoms with Gasteiger partial charge in [0.25, 0.3) is 0 Å². The fraction of sp³-hybridized carbons (Fsp3) is 0.933. The molecule has 1 spiro atoms. The third-order valence-electron chi connectivity index (χ3n) is 6.52. The summed E-state index contributed by atoms with van der Waals surface area (Å²) in [6.45, 7) is 15.6. The molecule has 0 aromatic heterocycles. The van der Waals surface area contributed by atoms with Gasteiger partial charge in [-0.05, 0) is 41.9 Å². The molecule has 2 fully saturated rings. The molecular weight excluding hydrogens is 196 g/mol. The van der Waals surface area contributed by atoms with Crippen LogP contribution in [0.15, 0.2) is 0 Å². The van der Waals surface area contributed by atoms with Crippen molar-refractivity contribution < 1.29 is 4.79 Å². The van der Waals surface area contributed by atoms with Crippen LogP contribution in [0, 0.1) is 34.0 Å². The van der Waals surface area contributed by atoms with E-state index < -0.39 is 0 Å². The van der Waals surface area contributed by atoms with Crippen LogP contribution in [-0.4, -0.2) is 5.78 Å². The Balaban J connectivity index is 2.42. The van der Waals surface area contributed by atoms with Crippen LogP contribution in [0.4, 0.5) is 0 Å². The van der Waals surface area contributed by atoms with Gasteiger partial charge in [-0.2, -0.15) is 0 Å². The molecule has 0 bridgehead atoms. The molecule has 16 heavy (non-hydrogen) atoms. The molecule has 1 nitrogen and oxygen atoms in total. The zero-order chi connectivity index (χ0) is 12.5. The molecule has 0 radical (unpaired) electrons. The lowest BCUT2D eigenvalue weighted by atomic mass is 9.93. The van der Waals surface area contributed by atoms with Crippen molar-refractivity contribution in [1.82, 2.24) is 0 Å². The first-order valence-corrected chi connectivity index (χ1v) is 6.73. The third kappa shape index (κ3) is 0.855. The Morgan fingerprint density at radius 1 is 1.31 bits per heavy atom. The molecule has 0 heterocycles. The second kappa shape index (κ2) is 2.91. The summed E-state index contributed by atoms with van der Waals surface area (Å²) in [5.41, 5.74) is 0.697. The molecule has 2 rings (SSSR count). The van der Waals surface area contributed by atoms with E-state index in [-0.39, 0.29) is 5.41 Å². The Morgan fingerprint density at radius 2 is 1.81 bits per heavy atom. The lowest BCUT2D eigenvalue weighted by Crippen LogP contribution is -2.15. The number of carbonyl (C=O) groups excluding carboxylic acids is 1. The molecule has 2 saturated carbocycles. The molecular formula is C15H26O. The maximum absolute atomic E-state index is 12.0. The normalized spacial score (nSPS) is 54.5. The number of hydrogen-bond acceptors (Lipinski definition) is 1. The molecule has 0 amide bonds. The van der Waals surface area contributed by atoms with E-state index in [0.717, 1.165) is 0 Å². The first-order chi connectivity index (χ1) is 7.22. The van der Waals surface area contributed by atoms with Crippen LogP contribution in [0.1, 0.15) is 54.9 Å². The summed E-state index contributed by atoms with van der Waals surface area (Å²) in [6.07, 6.45) is 1.21. The van der Waals surface area contributed by atoms with E-state index in [4.69, 9.17) is 0 Å². The summed E-state index contributed by atoms with van der Waals surface area (Å²) < 4.78 is 0. The topological polar surface area (TPSA) is 17.1 Å². The molecule has 0 aromatic rings. The average Bonchev–Trinajstić information content (AvgIpc) is 2.94. The number of Topliss-reactive ketones (excluding diaryl/α,β-unsaturated/α-hetero) is 1. The van der Waals surface area contributed by atoms with Crippen LogP contribution in [0.2, 0.25) is 0 Å². The minimum Gasteiger partial charge on any atom is -0.299 e. The van der Waals surface area contributed by atoms with E-state index in [0.29, 0.717) is 34.4 Å². The van der Waals surface area contributed by atoms with Crippen molar-refractivity contribution in [3.05, 3.63) is 0 Å². The van der Waals surface area contributed by atoms with E-state index in [2.05, 4.69) is 41.5 Å². The molecule has 1 heteroatoms. The van der Waals surface area contributed by atoms with E-state index in [9.17, 15) is 4.79 Å². The molecule has 0 saturated heterocycles. The van der Waals surface area contributed by atoms with Gasteiger partial charge >= 0.3 is 0 Å². The Labute approximate surface area is 100.0 Å². The quantitative estimate of drug-likeness (QED) is 0.707. The predicted octanol–water partition coefficient (Wildman–Crippen LogP) is 3.92. The van der Waals surface area contributed by atoms with E-state index >= 15 is 0 Å². The number of hydrogen-bond donors (Lipinski definition) is 0. The first-order valence-electron chi connectivity index (χ1n) is 6.73. The van der Waals surface area contributed by atoms with Gasteiger partial charge in [0, 0.05) is 5.41 Å². The maximum Gasteiger partial charge on any atom is 0.136 e. The Bertz CT molecular complexity index is 345. The van der Waals surface area contributed by atoms with Crippen molar-refractivity contribution in [2.24, 2.45) is 34.0 Å². The van der Waals surface area contributed by atoms with Gasteiger partial charge in [0.15, 0.2) is 0 Å². The summed E-state index contributed by atoms with van der Waals surface area (Å²) in [4.78, 5) is 12.0. The highest BCUT2D eigenvalue weighted by molar-refractivity contribution is 5.89. The van der Waals surface area contributed by atoms with E-state index in [1.807, 2.05) is 0 Å². The smallest absolute Gasteiger partial charge is 0.136 e. The van der Waals surface area contributed by atoms with Crippen molar-refractivity contribution >= 4 is 5.78 Å². The zero-order valence-corrected chi connectivity index (χ0v) is 11.8. The van der Waals surface area contributed by atoms with E-state index in [1.165, 1.54) is 6.42 Å². The second-order valence-corrected chi connectivity index (χ2v) is 6.84. The fourth-order valence-corrected chi connectivity index (χ4v) is 5.60. The minimum atomic E-state index is -0.0364. The molecule has 5 unspecified atom stereocenters. The summed E-state index contributed by atoms with van der Waals surface area (Å²) in [5, 5.41) is 0. The van der Waals surface area contributed by atoms with Gasteiger partial charge < -0.3 is 0 Å². The summed E-state index contributed by atoms with van der Waals surface area (Å²) in [5.74, 6) is 2.36. The highest BCUT2D eigenvalue weighted by Gasteiger charge is 2.94. The summed E-state index contributed by atoms with van der Waals surface area (Å²) in [7, 11) is 0. The van der Waals surface area contributed by atoms with Gasteiger partial charge in [0.05, 0.1) is 0 Å². The SMILES string of the molecule is CCC1(C)C(C)C12C(C(C)C)C2(C)C(C)=O. The van der Waals surface area contributed by atoms with Gasteiger partial charge in [-0.1, -0.05) is 41.5 Å². The van der Waals surface area contributed by atoms with Crippen molar-refractivity contribution in [2.75, 3.05) is 0 Å². The predicted molar refractivity (Wildman–Crippen MR) is 67.1 cm³/mol. The Hall–Kier alpha value is -0.330. The zero-order valence-electron chi connectivity index (χ0n) is 11.8. The van der Waals surface area contributed by atoms with Crippen molar-refractivity contribution in [2.45, 2.75) is 54.9 Å². The molecule has 2 aliphatic carbocycles. The standard InChI is InChI=1S/C15H26O/c1-8-13(6)10(4)15(13)12(9(2)3)14(15,7)11(5)16/h9-10,12H,8H2,1-7H3. The molecule has 0 aliphatic heterocycles. The number of rotatable bonds is 3. The lowest BCUT2D eigenvalue weighted by molar-refractivity contribution is -0.122. The Kier molecular flexibility index (Phi) is 2.21. The number of ketones is 1. The molecule has 5 atom stereocenters. The van der Waals surface area contributed by atoms with Gasteiger partial charge in [-0.25, -0.2) is 0 Å². The molecule has 2 aliphatic rings. The molecule has 0 N–H and O–H groups in total. The van der Waals surface area contributed by atoms with Crippen molar-refractivity contribution in [1.29, 1.82) is 0 Å². The van der Waals surface area contributed by atoms with Crippen molar-refractivity contribution in [3.8, 4) is 0 Å². The van der Waals surface area contributed by atoms with Crippen molar-refractivity contribution in [3.63, 3.8) is 0 Å². The van der Waals surface area contributed by atoms with Crippen LogP contribution in [0.25, 0.3) is 0 Å². The van der Waals surface area contributed by atoms with Crippen LogP contribution >= 0.6 is 0 Å². The summed E-state index contributed by atoms with van der Waals surface area (Å²) >= 11 is 0. The van der Waals surface area contributed by atoms with E-state index in [1.54, 1.807) is 6.92 Å². The fourth-order valence-electron chi connectivity index (χ4n) is 5.60. The third-order valence-corrected chi connectivity index (χ3v) is 6.52. The average molecular weight is 222 g/mol. The number of carbonyl (C=O) groups is 1. The van der Waals surface area contributed by atoms with Gasteiger partial charge in [-0.15, -0.1) is 0 Å². The highest BCUT2D eigenvalue weighted by Crippen LogP contribution is 2.95. The van der Waals surface area contributed by atoms with Crippen LogP contribution in [0.5, 0.6) is 0 Å². The second-order valence-electron chi connectivity index (χ2n) is 6.84. The monoisotopic (exact) mass is 222 g/mol. The largest absolute Gasteiger partial charge is 0.299 e. The van der Waals surface area contributed by atoms with Crippen LogP contribution in [-0.2, 0) is 4.79 Å². The lowest BCUT2D eigenvalue weighted by Gasteiger charge is -2.10. The first kappa shape index (κ1) is 12.1.